The van der Waals surface area contributed by atoms with Crippen LogP contribution in [0.3, 0.4) is 0 Å². The summed E-state index contributed by atoms with van der Waals surface area (Å²) in [5.41, 5.74) is -1.44. The molecule has 0 unspecified atom stereocenters. The van der Waals surface area contributed by atoms with Gasteiger partial charge < -0.3 is 41.2 Å². The van der Waals surface area contributed by atoms with Crippen molar-refractivity contribution in [3.63, 3.8) is 0 Å². The number of amidine groups is 2. The molecular formula is C38H48MnN6O10+2. The molecule has 1 radical (unpaired) electrons. The first-order chi connectivity index (χ1) is 24.2. The van der Waals surface area contributed by atoms with Crippen molar-refractivity contribution in [2.75, 3.05) is 0 Å². The second-order valence-electron chi connectivity index (χ2n) is 13.8. The Bertz CT molecular complexity index is 1840. The van der Waals surface area contributed by atoms with E-state index >= 15 is 0 Å². The van der Waals surface area contributed by atoms with Gasteiger partial charge in [-0.05, 0) is 35.4 Å². The maximum atomic E-state index is 12.3. The van der Waals surface area contributed by atoms with Crippen LogP contribution in [0.4, 0.5) is 0 Å². The Labute approximate surface area is 329 Å². The maximum Gasteiger partial charge on any atom is 0.504 e. The zero-order valence-corrected chi connectivity index (χ0v) is 33.1. The second kappa shape index (κ2) is 19.5. The van der Waals surface area contributed by atoms with Crippen LogP contribution in [0.2, 0.25) is 0 Å². The van der Waals surface area contributed by atoms with Crippen molar-refractivity contribution in [2.24, 2.45) is 0 Å². The number of hydrogen-bond donors (Lipinski definition) is 0. The summed E-state index contributed by atoms with van der Waals surface area (Å²) in [4.78, 5) is 52.5. The average molecular weight is 804 g/mol. The van der Waals surface area contributed by atoms with E-state index in [1.54, 1.807) is 141 Å². The van der Waals surface area contributed by atoms with Crippen molar-refractivity contribution in [1.29, 1.82) is 0 Å². The summed E-state index contributed by atoms with van der Waals surface area (Å²) in [6, 6.07) is 22.8. The van der Waals surface area contributed by atoms with Gasteiger partial charge >= 0.3 is 11.7 Å². The first-order valence-electron chi connectivity index (χ1n) is 16.2. The summed E-state index contributed by atoms with van der Waals surface area (Å²) in [6.07, 6.45) is 6.29. The fourth-order valence-electron chi connectivity index (χ4n) is 4.84. The number of hydroxylamine groups is 2. The molecule has 0 aliphatic carbocycles. The number of carboxylic acids is 2. The molecule has 55 heavy (non-hydrogen) atoms. The maximum absolute atomic E-state index is 12.3. The number of carbonyl (C=O) groups is 2. The fraction of sp³-hybridized carbons (Fsp3) is 0.316. The molecule has 2 aromatic carbocycles. The molecule has 0 fully saturated rings. The number of aromatic nitrogens is 2. The van der Waals surface area contributed by atoms with E-state index in [1.165, 1.54) is 24.3 Å². The summed E-state index contributed by atoms with van der Waals surface area (Å²) in [5.74, 6) is -1.95. The molecule has 0 saturated heterocycles. The predicted octanol–water partition coefficient (Wildman–Crippen LogP) is 1.63. The normalized spacial score (nSPS) is 16.5. The van der Waals surface area contributed by atoms with Crippen LogP contribution in [0, 0.1) is 20.2 Å². The molecule has 16 nitrogen and oxygen atoms in total. The van der Waals surface area contributed by atoms with Gasteiger partial charge in [0.05, 0.1) is 11.9 Å². The second-order valence-corrected chi connectivity index (χ2v) is 13.8. The summed E-state index contributed by atoms with van der Waals surface area (Å²) in [6.45, 7) is 14.2. The molecule has 4 aromatic rings. The summed E-state index contributed by atoms with van der Waals surface area (Å²) < 4.78 is 3.20. The standard InChI is InChI=1S/2C12H16N3O2.2C7H6O2.Mn.2H2O/c2*1-11(2)12(3,4)15(17)10(14(11)16)9-5-7-13-8-6-9;2*8-7(9)6-4-2-1-3-5-6;;;/h2*5-8H,1-4H3;2*1-5H,(H,8,9);;2*1H2/q2*+1;;;;;. The first kappa shape index (κ1) is 49.3. The molecule has 0 atom stereocenters. The Morgan fingerprint density at radius 2 is 0.745 bits per heavy atom. The number of pyridine rings is 2. The summed E-state index contributed by atoms with van der Waals surface area (Å²) in [5, 5.41) is 44.7. The third kappa shape index (κ3) is 10.3. The Morgan fingerprint density at radius 3 is 0.927 bits per heavy atom. The number of carbonyl (C=O) groups excluding carboxylic acids is 2. The minimum atomic E-state index is -1.13. The molecule has 0 bridgehead atoms. The van der Waals surface area contributed by atoms with Crippen LogP contribution in [-0.2, 0) is 28.0 Å². The quantitative estimate of drug-likeness (QED) is 0.125. The molecule has 6 rings (SSSR count). The number of hydrogen-bond acceptors (Lipinski definition) is 10. The predicted molar refractivity (Wildman–Crippen MR) is 199 cm³/mol. The molecule has 2 aromatic heterocycles. The van der Waals surface area contributed by atoms with Crippen LogP contribution in [0.25, 0.3) is 0 Å². The van der Waals surface area contributed by atoms with Gasteiger partial charge in [-0.2, -0.15) is 0 Å². The number of rotatable bonds is 4. The zero-order chi connectivity index (χ0) is 39.1. The van der Waals surface area contributed by atoms with Gasteiger partial charge in [-0.3, -0.25) is 9.97 Å². The minimum Gasteiger partial charge on any atom is -0.618 e. The van der Waals surface area contributed by atoms with Crippen LogP contribution in [0.15, 0.2) is 110 Å². The topological polar surface area (TPSA) is 264 Å². The fourth-order valence-corrected chi connectivity index (χ4v) is 4.84. The molecule has 0 amide bonds. The molecule has 6 N–H and O–H groups in total. The first-order valence-corrected chi connectivity index (χ1v) is 16.2. The largest absolute Gasteiger partial charge is 0.618 e. The Morgan fingerprint density at radius 1 is 0.491 bits per heavy atom. The van der Waals surface area contributed by atoms with Crippen LogP contribution in [-0.4, -0.2) is 74.7 Å². The number of nitrogens with zero attached hydrogens (tertiary/aromatic N) is 6. The molecule has 4 heterocycles. The molecule has 0 spiro atoms. The van der Waals surface area contributed by atoms with E-state index in [4.69, 9.17) is 0 Å². The van der Waals surface area contributed by atoms with Gasteiger partial charge in [-0.15, -0.1) is 9.48 Å². The number of benzene rings is 2. The smallest absolute Gasteiger partial charge is 0.504 e. The van der Waals surface area contributed by atoms with Crippen molar-refractivity contribution < 1.29 is 66.8 Å². The SMILES string of the molecule is CC1(C)[N+](=O)C(c2ccncc2)=[N+]([O-])C1(C)C.CC1(C)[N+](=O)C(c2ccncc2)=[N+]([O-])C1(C)C.O=C([O-])c1ccccc1.O=C([O-])c1ccccc1.[Mn].[OH3+].[OH3+]. The Hall–Kier alpha value is -5.74. The van der Waals surface area contributed by atoms with Gasteiger partial charge in [-0.1, -0.05) is 60.7 Å². The minimum absolute atomic E-state index is 0. The number of nitroso groups, excluding NO2 is 2. The molecular weight excluding hydrogens is 755 g/mol. The van der Waals surface area contributed by atoms with Crippen LogP contribution in [0.1, 0.15) is 87.2 Å². The number of carboxylic acid groups (broad SMARTS) is 2. The summed E-state index contributed by atoms with van der Waals surface area (Å²) in [7, 11) is 0. The van der Waals surface area contributed by atoms with E-state index in [1.807, 2.05) is 0 Å². The van der Waals surface area contributed by atoms with Gasteiger partial charge in [0, 0.05) is 107 Å². The van der Waals surface area contributed by atoms with Crippen molar-refractivity contribution in [1.82, 2.24) is 9.97 Å². The van der Waals surface area contributed by atoms with Gasteiger partial charge in [0.1, 0.15) is 20.6 Å². The molecule has 0 saturated carbocycles. The Kier molecular flexibility index (Phi) is 17.5. The molecule has 295 valence electrons. The van der Waals surface area contributed by atoms with Crippen LogP contribution < -0.4 is 10.2 Å². The van der Waals surface area contributed by atoms with Crippen molar-refractivity contribution in [2.45, 2.75) is 77.5 Å². The summed E-state index contributed by atoms with van der Waals surface area (Å²) >= 11 is 0. The van der Waals surface area contributed by atoms with E-state index < -0.39 is 34.1 Å². The third-order valence-corrected chi connectivity index (χ3v) is 9.69. The van der Waals surface area contributed by atoms with E-state index in [-0.39, 0.29) is 50.8 Å². The van der Waals surface area contributed by atoms with Gasteiger partial charge in [0.15, 0.2) is 0 Å². The van der Waals surface area contributed by atoms with Crippen LogP contribution >= 0.6 is 0 Å². The molecule has 17 heteroatoms. The third-order valence-electron chi connectivity index (χ3n) is 9.69. The van der Waals surface area contributed by atoms with Crippen molar-refractivity contribution in [3.05, 3.63) is 152 Å². The van der Waals surface area contributed by atoms with Crippen molar-refractivity contribution in [3.8, 4) is 0 Å². The van der Waals surface area contributed by atoms with E-state index in [9.17, 15) is 40.0 Å². The van der Waals surface area contributed by atoms with Gasteiger partial charge in [-0.25, -0.2) is 0 Å². The van der Waals surface area contributed by atoms with Crippen LogP contribution in [0.5, 0.6) is 0 Å². The van der Waals surface area contributed by atoms with Crippen molar-refractivity contribution >= 4 is 23.6 Å². The number of aromatic carboxylic acids is 2. The Balaban J connectivity index is 0.000000723. The molecule has 2 aliphatic rings. The zero-order valence-electron chi connectivity index (χ0n) is 31.9. The van der Waals surface area contributed by atoms with Gasteiger partial charge in [0.25, 0.3) is 11.1 Å². The molecule has 2 aliphatic heterocycles. The average Bonchev–Trinajstić information content (AvgIpc) is 3.33. The van der Waals surface area contributed by atoms with Gasteiger partial charge in [0.2, 0.25) is 11.1 Å². The van der Waals surface area contributed by atoms with E-state index in [0.717, 1.165) is 19.0 Å². The van der Waals surface area contributed by atoms with E-state index in [0.29, 0.717) is 11.1 Å². The monoisotopic (exact) mass is 803 g/mol. The van der Waals surface area contributed by atoms with E-state index in [2.05, 4.69) is 9.97 Å².